The molecule has 9 nitrogen and oxygen atoms in total. The molecule has 2 aromatic carbocycles. The van der Waals surface area contributed by atoms with E-state index in [1.54, 1.807) is 12.3 Å². The molecule has 3 aromatic heterocycles. The van der Waals surface area contributed by atoms with E-state index in [1.165, 1.54) is 12.4 Å². The number of carbonyl (C=O) groups excluding carboxylic acids is 1. The fourth-order valence-electron chi connectivity index (χ4n) is 5.38. The fourth-order valence-corrected chi connectivity index (χ4v) is 5.38. The van der Waals surface area contributed by atoms with Gasteiger partial charge in [-0.05, 0) is 82.3 Å². The number of benzene rings is 2. The number of imidazole rings is 1. The molecule has 0 spiro atoms. The van der Waals surface area contributed by atoms with Crippen LogP contribution in [0, 0.1) is 6.92 Å². The Morgan fingerprint density at radius 3 is 2.79 bits per heavy atom. The first-order valence-electron chi connectivity index (χ1n) is 14.4. The smallest absolute Gasteiger partial charge is 0.195 e. The van der Waals surface area contributed by atoms with Crippen LogP contribution in [0.1, 0.15) is 30.9 Å². The van der Waals surface area contributed by atoms with Crippen LogP contribution in [0.4, 0.5) is 15.9 Å². The van der Waals surface area contributed by atoms with Crippen LogP contribution < -0.4 is 14.8 Å². The number of anilines is 2. The van der Waals surface area contributed by atoms with Gasteiger partial charge in [0.15, 0.2) is 11.6 Å². The van der Waals surface area contributed by atoms with Crippen LogP contribution in [0.5, 0.6) is 17.2 Å². The third kappa shape index (κ3) is 6.19. The van der Waals surface area contributed by atoms with Crippen molar-refractivity contribution < 1.29 is 18.7 Å². The molecule has 1 atom stereocenters. The van der Waals surface area contributed by atoms with Gasteiger partial charge in [-0.15, -0.1) is 0 Å². The first-order valence-corrected chi connectivity index (χ1v) is 14.4. The summed E-state index contributed by atoms with van der Waals surface area (Å²) in [5.74, 6) is 1.18. The number of nitrogens with zero attached hydrogens (tertiary/aromatic N) is 5. The number of ketones is 1. The van der Waals surface area contributed by atoms with Gasteiger partial charge >= 0.3 is 0 Å². The number of rotatable bonds is 10. The van der Waals surface area contributed by atoms with Gasteiger partial charge in [0, 0.05) is 59.8 Å². The summed E-state index contributed by atoms with van der Waals surface area (Å²) in [6.45, 7) is 5.13. The lowest BCUT2D eigenvalue weighted by Crippen LogP contribution is -2.23. The summed E-state index contributed by atoms with van der Waals surface area (Å²) < 4.78 is 28.8. The minimum Gasteiger partial charge on any atom is -0.494 e. The second-order valence-electron chi connectivity index (χ2n) is 10.7. The van der Waals surface area contributed by atoms with Crippen LogP contribution in [0.25, 0.3) is 16.6 Å². The largest absolute Gasteiger partial charge is 0.494 e. The van der Waals surface area contributed by atoms with Crippen LogP contribution in [0.3, 0.4) is 0 Å². The van der Waals surface area contributed by atoms with Crippen molar-refractivity contribution in [2.24, 2.45) is 0 Å². The maximum Gasteiger partial charge on any atom is 0.195 e. The molecule has 4 heterocycles. The molecule has 1 aliphatic heterocycles. The predicted molar refractivity (Wildman–Crippen MR) is 164 cm³/mol. The van der Waals surface area contributed by atoms with Gasteiger partial charge in [-0.1, -0.05) is 0 Å². The molecule has 220 valence electrons. The normalized spacial score (nSPS) is 15.7. The van der Waals surface area contributed by atoms with Crippen LogP contribution in [-0.2, 0) is 11.2 Å². The molecule has 1 aliphatic rings. The zero-order chi connectivity index (χ0) is 29.9. The van der Waals surface area contributed by atoms with Crippen molar-refractivity contribution in [3.63, 3.8) is 0 Å². The molecule has 0 aliphatic carbocycles. The zero-order valence-corrected chi connectivity index (χ0v) is 24.4. The molecule has 1 fully saturated rings. The van der Waals surface area contributed by atoms with Crippen LogP contribution in [-0.4, -0.2) is 56.3 Å². The van der Waals surface area contributed by atoms with Crippen molar-refractivity contribution in [2.75, 3.05) is 25.5 Å². The van der Waals surface area contributed by atoms with Crippen molar-refractivity contribution in [3.8, 4) is 17.2 Å². The lowest BCUT2D eigenvalue weighted by molar-refractivity contribution is -0.116. The monoisotopic (exact) mass is 580 g/mol. The summed E-state index contributed by atoms with van der Waals surface area (Å²) in [5.41, 5.74) is 3.75. The van der Waals surface area contributed by atoms with Crippen molar-refractivity contribution in [2.45, 2.75) is 39.2 Å². The molecule has 0 bridgehead atoms. The number of likely N-dealkylation sites (tertiary alicyclic amines) is 1. The number of carbonyl (C=O) groups is 1. The molecule has 0 amide bonds. The number of allylic oxidation sites excluding steroid dienone is 1. The molecule has 43 heavy (non-hydrogen) atoms. The molecule has 1 saturated heterocycles. The number of nitrogens with one attached hydrogen (secondary N) is 1. The molecular weight excluding hydrogens is 547 g/mol. The number of hydrogen-bond donors (Lipinski definition) is 1. The van der Waals surface area contributed by atoms with E-state index in [0.29, 0.717) is 40.4 Å². The van der Waals surface area contributed by atoms with Gasteiger partial charge in [0.25, 0.3) is 0 Å². The molecule has 6 rings (SSSR count). The van der Waals surface area contributed by atoms with Crippen LogP contribution >= 0.6 is 0 Å². The summed E-state index contributed by atoms with van der Waals surface area (Å²) in [4.78, 5) is 28.2. The Hall–Kier alpha value is -4.83. The van der Waals surface area contributed by atoms with E-state index in [1.807, 2.05) is 74.1 Å². The number of aromatic nitrogens is 4. The van der Waals surface area contributed by atoms with Gasteiger partial charge in [0.1, 0.15) is 35.0 Å². The number of pyridine rings is 1. The first kappa shape index (κ1) is 28.3. The van der Waals surface area contributed by atoms with Crippen molar-refractivity contribution >= 4 is 33.8 Å². The number of Topliss-reactive ketones (excluding diaryl/α,β-unsaturated/α-hetero) is 1. The Balaban J connectivity index is 1.25. The topological polar surface area (TPSA) is 93.9 Å². The van der Waals surface area contributed by atoms with E-state index in [2.05, 4.69) is 25.2 Å². The van der Waals surface area contributed by atoms with E-state index in [9.17, 15) is 9.18 Å². The summed E-state index contributed by atoms with van der Waals surface area (Å²) in [7, 11) is 1.95. The number of halogens is 1. The molecule has 5 aromatic rings. The van der Waals surface area contributed by atoms with Crippen LogP contribution in [0.2, 0.25) is 0 Å². The molecule has 1 N–H and O–H groups in total. The number of hydrogen-bond acceptors (Lipinski definition) is 8. The standard InChI is InChI=1S/C33H33FN6O3/c1-4-42-31-19-28-26(15-22(31)16-29(41)27(34)17-24-6-5-11-39(24)3)33(37-20-36-28)38-23-7-8-30(21(2)14-23)43-25-9-12-40-13-10-35-32(40)18-25/h7-10,12-15,17-20,24H,4-6,11,16H2,1-3H3,(H,36,37,38)/b27-17+/t24-/m1/s1. The summed E-state index contributed by atoms with van der Waals surface area (Å²) >= 11 is 0. The van der Waals surface area contributed by atoms with Crippen LogP contribution in [0.15, 0.2) is 79.3 Å². The third-order valence-electron chi connectivity index (χ3n) is 7.69. The quantitative estimate of drug-likeness (QED) is 0.185. The maximum absolute atomic E-state index is 15.0. The van der Waals surface area contributed by atoms with Gasteiger partial charge < -0.3 is 19.2 Å². The van der Waals surface area contributed by atoms with E-state index >= 15 is 0 Å². The average molecular weight is 581 g/mol. The number of likely N-dealkylation sites (N-methyl/N-ethyl adjacent to an activating group) is 1. The van der Waals surface area contributed by atoms with Gasteiger partial charge in [-0.2, -0.15) is 0 Å². The van der Waals surface area contributed by atoms with Gasteiger partial charge in [0.05, 0.1) is 12.1 Å². The van der Waals surface area contributed by atoms with Crippen molar-refractivity contribution in [3.05, 3.63) is 90.4 Å². The lowest BCUT2D eigenvalue weighted by atomic mass is 10.0. The van der Waals surface area contributed by atoms with E-state index in [0.717, 1.165) is 42.0 Å². The Morgan fingerprint density at radius 2 is 2.00 bits per heavy atom. The Kier molecular flexibility index (Phi) is 8.02. The van der Waals surface area contributed by atoms with E-state index in [4.69, 9.17) is 9.47 Å². The highest BCUT2D eigenvalue weighted by Gasteiger charge is 2.22. The minimum atomic E-state index is -0.716. The average Bonchev–Trinajstić information content (AvgIpc) is 3.63. The fraction of sp³-hybridized carbons (Fsp3) is 0.273. The van der Waals surface area contributed by atoms with Gasteiger partial charge in [0.2, 0.25) is 0 Å². The maximum atomic E-state index is 15.0. The Labute approximate surface area is 249 Å². The van der Waals surface area contributed by atoms with Gasteiger partial charge in [-0.3, -0.25) is 9.69 Å². The molecule has 0 saturated carbocycles. The summed E-state index contributed by atoms with van der Waals surface area (Å²) in [6, 6.07) is 13.1. The van der Waals surface area contributed by atoms with Gasteiger partial charge in [-0.25, -0.2) is 19.3 Å². The number of fused-ring (bicyclic) bond motifs is 2. The first-order chi connectivity index (χ1) is 20.9. The summed E-state index contributed by atoms with van der Waals surface area (Å²) in [6.07, 6.45) is 10.1. The second-order valence-corrected chi connectivity index (χ2v) is 10.7. The molecule has 0 unspecified atom stereocenters. The highest BCUT2D eigenvalue weighted by Crippen LogP contribution is 2.33. The second kappa shape index (κ2) is 12.2. The molecular formula is C33H33FN6O3. The Morgan fingerprint density at radius 1 is 1.12 bits per heavy atom. The lowest BCUT2D eigenvalue weighted by Gasteiger charge is -2.16. The van der Waals surface area contributed by atoms with Crippen molar-refractivity contribution in [1.82, 2.24) is 24.3 Å². The third-order valence-corrected chi connectivity index (χ3v) is 7.69. The van der Waals surface area contributed by atoms with E-state index < -0.39 is 11.6 Å². The highest BCUT2D eigenvalue weighted by molar-refractivity contribution is 5.97. The summed E-state index contributed by atoms with van der Waals surface area (Å²) in [5, 5.41) is 4.06. The van der Waals surface area contributed by atoms with E-state index in [-0.39, 0.29) is 12.5 Å². The minimum absolute atomic E-state index is 0.0587. The predicted octanol–water partition coefficient (Wildman–Crippen LogP) is 6.58. The number of aryl methyl sites for hydroxylation is 1. The molecule has 0 radical (unpaired) electrons. The molecule has 10 heteroatoms. The number of ether oxygens (including phenoxy) is 2. The SMILES string of the molecule is CCOc1cc2ncnc(Nc3ccc(Oc4ccn5ccnc5c4)c(C)c3)c2cc1CC(=O)/C(F)=C\[C@H]1CCCN1C. The zero-order valence-electron chi connectivity index (χ0n) is 24.4. The highest BCUT2D eigenvalue weighted by atomic mass is 19.1. The Bertz CT molecular complexity index is 1830. The van der Waals surface area contributed by atoms with Crippen molar-refractivity contribution in [1.29, 1.82) is 0 Å².